The van der Waals surface area contributed by atoms with Crippen molar-refractivity contribution in [2.45, 2.75) is 12.2 Å². The van der Waals surface area contributed by atoms with Gasteiger partial charge in [0.2, 0.25) is 0 Å². The second kappa shape index (κ2) is 3.68. The first-order chi connectivity index (χ1) is 5.61. The van der Waals surface area contributed by atoms with Gasteiger partial charge in [-0.05, 0) is 34.7 Å². The predicted molar refractivity (Wildman–Crippen MR) is 52.8 cm³/mol. The van der Waals surface area contributed by atoms with Gasteiger partial charge in [-0.3, -0.25) is 4.79 Å². The van der Waals surface area contributed by atoms with E-state index in [1.165, 1.54) is 13.2 Å². The fourth-order valence-electron chi connectivity index (χ4n) is 0.937. The van der Waals surface area contributed by atoms with Crippen molar-refractivity contribution < 1.29 is 14.6 Å². The van der Waals surface area contributed by atoms with Crippen molar-refractivity contribution in [1.29, 1.82) is 0 Å². The summed E-state index contributed by atoms with van der Waals surface area (Å²) in [7, 11) is 1.43. The highest BCUT2D eigenvalue weighted by Gasteiger charge is 2.27. The summed E-state index contributed by atoms with van der Waals surface area (Å²) >= 11 is 2.02. The number of carbonyl (C=O) groups excluding carboxylic acids is 1. The first-order valence-corrected chi connectivity index (χ1v) is 4.50. The van der Waals surface area contributed by atoms with Gasteiger partial charge < -0.3 is 9.84 Å². The number of halogens is 1. The number of allylic oxidation sites excluding steroid dienone is 2. The molecular formula is C8H9IO3. The zero-order chi connectivity index (χ0) is 9.19. The number of ether oxygens (including phenoxy) is 1. The molecular weight excluding hydrogens is 271 g/mol. The van der Waals surface area contributed by atoms with Crippen LogP contribution < -0.4 is 0 Å². The third-order valence-corrected chi connectivity index (χ3v) is 2.73. The topological polar surface area (TPSA) is 46.5 Å². The van der Waals surface area contributed by atoms with Crippen molar-refractivity contribution >= 4 is 28.9 Å². The summed E-state index contributed by atoms with van der Waals surface area (Å²) in [6.45, 7) is 0. The van der Waals surface area contributed by atoms with E-state index in [9.17, 15) is 9.90 Å². The minimum atomic E-state index is -1.23. The first-order valence-electron chi connectivity index (χ1n) is 3.42. The molecule has 0 saturated carbocycles. The third-order valence-electron chi connectivity index (χ3n) is 1.73. The van der Waals surface area contributed by atoms with E-state index in [0.29, 0.717) is 12.0 Å². The van der Waals surface area contributed by atoms with E-state index < -0.39 is 5.79 Å². The molecule has 0 radical (unpaired) electrons. The lowest BCUT2D eigenvalue weighted by Crippen LogP contribution is -2.30. The molecule has 1 atom stereocenters. The SMILES string of the molecule is COC1(O)C=CC(C=O)=C(I)C1. The maximum Gasteiger partial charge on any atom is 0.189 e. The van der Waals surface area contributed by atoms with Gasteiger partial charge in [0.25, 0.3) is 0 Å². The van der Waals surface area contributed by atoms with Crippen LogP contribution in [0, 0.1) is 0 Å². The van der Waals surface area contributed by atoms with E-state index in [0.717, 1.165) is 9.87 Å². The molecule has 0 aromatic rings. The number of aliphatic hydroxyl groups is 1. The quantitative estimate of drug-likeness (QED) is 0.469. The number of carbonyl (C=O) groups is 1. The number of hydrogen-bond donors (Lipinski definition) is 1. The van der Waals surface area contributed by atoms with Gasteiger partial charge in [-0.1, -0.05) is 0 Å². The molecule has 66 valence electrons. The average molecular weight is 280 g/mol. The van der Waals surface area contributed by atoms with Crippen LogP contribution in [0.25, 0.3) is 0 Å². The maximum absolute atomic E-state index is 10.4. The summed E-state index contributed by atoms with van der Waals surface area (Å²) < 4.78 is 5.67. The van der Waals surface area contributed by atoms with Gasteiger partial charge in [-0.25, -0.2) is 0 Å². The van der Waals surface area contributed by atoms with Crippen LogP contribution in [-0.4, -0.2) is 24.3 Å². The molecule has 1 aliphatic carbocycles. The standard InChI is InChI=1S/C8H9IO3/c1-12-8(11)3-2-6(5-10)7(9)4-8/h2-3,5,11H,4H2,1H3. The van der Waals surface area contributed by atoms with Crippen molar-refractivity contribution in [2.24, 2.45) is 0 Å². The Labute approximate surface area is 84.2 Å². The normalized spacial score (nSPS) is 29.2. The Morgan fingerprint density at radius 1 is 1.83 bits per heavy atom. The summed E-state index contributed by atoms with van der Waals surface area (Å²) in [5.74, 6) is -1.23. The van der Waals surface area contributed by atoms with Crippen LogP contribution in [-0.2, 0) is 9.53 Å². The smallest absolute Gasteiger partial charge is 0.189 e. The Bertz CT molecular complexity index is 257. The highest BCUT2D eigenvalue weighted by molar-refractivity contribution is 14.1. The van der Waals surface area contributed by atoms with Crippen LogP contribution in [0.4, 0.5) is 0 Å². The minimum absolute atomic E-state index is 0.342. The molecule has 0 fully saturated rings. The Balaban J connectivity index is 2.88. The van der Waals surface area contributed by atoms with E-state index in [1.807, 2.05) is 22.6 Å². The molecule has 1 aliphatic rings. The summed E-state index contributed by atoms with van der Waals surface area (Å²) in [5, 5.41) is 9.60. The summed E-state index contributed by atoms with van der Waals surface area (Å²) in [4.78, 5) is 10.4. The molecule has 0 aliphatic heterocycles. The Kier molecular flexibility index (Phi) is 3.03. The molecule has 4 heteroatoms. The van der Waals surface area contributed by atoms with Crippen molar-refractivity contribution in [3.05, 3.63) is 21.3 Å². The number of methoxy groups -OCH3 is 1. The average Bonchev–Trinajstić information content (AvgIpc) is 2.05. The van der Waals surface area contributed by atoms with Crippen LogP contribution in [0.5, 0.6) is 0 Å². The highest BCUT2D eigenvalue weighted by Crippen LogP contribution is 2.30. The fraction of sp³-hybridized carbons (Fsp3) is 0.375. The molecule has 1 unspecified atom stereocenters. The number of hydrogen-bond acceptors (Lipinski definition) is 3. The molecule has 1 rings (SSSR count). The molecule has 0 aromatic heterocycles. The molecule has 0 aromatic carbocycles. The van der Waals surface area contributed by atoms with E-state index in [2.05, 4.69) is 0 Å². The largest absolute Gasteiger partial charge is 0.362 e. The third kappa shape index (κ3) is 1.94. The Morgan fingerprint density at radius 2 is 2.50 bits per heavy atom. The van der Waals surface area contributed by atoms with Gasteiger partial charge >= 0.3 is 0 Å². The van der Waals surface area contributed by atoms with Gasteiger partial charge in [0.15, 0.2) is 12.1 Å². The lowest BCUT2D eigenvalue weighted by molar-refractivity contribution is -0.144. The first kappa shape index (κ1) is 9.88. The molecule has 12 heavy (non-hydrogen) atoms. The Morgan fingerprint density at radius 3 is 2.92 bits per heavy atom. The number of aldehydes is 1. The second-order valence-corrected chi connectivity index (χ2v) is 3.84. The van der Waals surface area contributed by atoms with Crippen molar-refractivity contribution in [3.8, 4) is 0 Å². The van der Waals surface area contributed by atoms with Gasteiger partial charge in [0.05, 0.1) is 0 Å². The maximum atomic E-state index is 10.4. The molecule has 1 N–H and O–H groups in total. The molecule has 0 spiro atoms. The van der Waals surface area contributed by atoms with Crippen molar-refractivity contribution in [1.82, 2.24) is 0 Å². The zero-order valence-electron chi connectivity index (χ0n) is 6.58. The van der Waals surface area contributed by atoms with Crippen LogP contribution in [0.1, 0.15) is 6.42 Å². The van der Waals surface area contributed by atoms with Crippen LogP contribution >= 0.6 is 22.6 Å². The molecule has 0 heterocycles. The lowest BCUT2D eigenvalue weighted by Gasteiger charge is -2.25. The van der Waals surface area contributed by atoms with Crippen LogP contribution in [0.2, 0.25) is 0 Å². The van der Waals surface area contributed by atoms with Gasteiger partial charge in [0, 0.05) is 22.7 Å². The summed E-state index contributed by atoms with van der Waals surface area (Å²) in [6, 6.07) is 0. The molecule has 0 bridgehead atoms. The second-order valence-electron chi connectivity index (χ2n) is 2.54. The van der Waals surface area contributed by atoms with Crippen LogP contribution in [0.15, 0.2) is 21.3 Å². The summed E-state index contributed by atoms with van der Waals surface area (Å²) in [5.41, 5.74) is 0.609. The van der Waals surface area contributed by atoms with Crippen LogP contribution in [0.3, 0.4) is 0 Å². The summed E-state index contributed by atoms with van der Waals surface area (Å²) in [6.07, 6.45) is 4.17. The predicted octanol–water partition coefficient (Wildman–Crippen LogP) is 1.17. The van der Waals surface area contributed by atoms with Gasteiger partial charge in [-0.2, -0.15) is 0 Å². The molecule has 0 saturated heterocycles. The van der Waals surface area contributed by atoms with E-state index >= 15 is 0 Å². The van der Waals surface area contributed by atoms with Crippen molar-refractivity contribution in [3.63, 3.8) is 0 Å². The van der Waals surface area contributed by atoms with E-state index in [4.69, 9.17) is 4.74 Å². The highest BCUT2D eigenvalue weighted by atomic mass is 127. The molecule has 3 nitrogen and oxygen atoms in total. The monoisotopic (exact) mass is 280 g/mol. The van der Waals surface area contributed by atoms with E-state index in [1.54, 1.807) is 6.08 Å². The lowest BCUT2D eigenvalue weighted by atomic mass is 10.0. The Hall–Kier alpha value is -0.200. The fourth-order valence-corrected chi connectivity index (χ4v) is 1.79. The van der Waals surface area contributed by atoms with Crippen molar-refractivity contribution in [2.75, 3.05) is 7.11 Å². The minimum Gasteiger partial charge on any atom is -0.362 e. The molecule has 0 amide bonds. The van der Waals surface area contributed by atoms with E-state index in [-0.39, 0.29) is 0 Å². The van der Waals surface area contributed by atoms with Gasteiger partial charge in [0.1, 0.15) is 0 Å². The van der Waals surface area contributed by atoms with Gasteiger partial charge in [-0.15, -0.1) is 0 Å². The number of rotatable bonds is 2. The zero-order valence-corrected chi connectivity index (χ0v) is 8.74.